The number of carbonyl (C=O) groups is 1. The maximum absolute atomic E-state index is 12.8. The molecule has 3 nitrogen and oxygen atoms in total. The monoisotopic (exact) mass is 336 g/mol. The Bertz CT molecular complexity index is 485. The van der Waals surface area contributed by atoms with Gasteiger partial charge in [0.2, 0.25) is 5.91 Å². The van der Waals surface area contributed by atoms with Gasteiger partial charge in [0.05, 0.1) is 5.92 Å². The fraction of sp³-hybridized carbons (Fsp3) is 0.562. The summed E-state index contributed by atoms with van der Waals surface area (Å²) in [6.45, 7) is 3.59. The zero-order chi connectivity index (χ0) is 13.9. The number of hydrogen-bond acceptors (Lipinski definition) is 2. The number of nitrogens with one attached hydrogen (secondary N) is 1. The Hall–Kier alpha value is -0.870. The molecule has 3 rings (SSSR count). The Morgan fingerprint density at radius 2 is 1.90 bits per heavy atom. The first-order chi connectivity index (χ1) is 9.77. The molecule has 0 spiro atoms. The van der Waals surface area contributed by atoms with Crippen LogP contribution in [0, 0.1) is 5.92 Å². The van der Waals surface area contributed by atoms with E-state index in [9.17, 15) is 4.79 Å². The molecule has 1 amide bonds. The van der Waals surface area contributed by atoms with Crippen LogP contribution in [0.5, 0.6) is 0 Å². The van der Waals surface area contributed by atoms with E-state index >= 15 is 0 Å². The van der Waals surface area contributed by atoms with E-state index in [2.05, 4.69) is 44.3 Å². The molecule has 20 heavy (non-hydrogen) atoms. The molecule has 0 bridgehead atoms. The summed E-state index contributed by atoms with van der Waals surface area (Å²) in [7, 11) is 0. The molecule has 2 heterocycles. The highest BCUT2D eigenvalue weighted by atomic mass is 79.9. The summed E-state index contributed by atoms with van der Waals surface area (Å²) >= 11 is 3.63. The number of amides is 1. The van der Waals surface area contributed by atoms with Crippen LogP contribution in [0.15, 0.2) is 28.7 Å². The molecule has 1 aromatic carbocycles. The van der Waals surface area contributed by atoms with Gasteiger partial charge in [0.25, 0.3) is 0 Å². The van der Waals surface area contributed by atoms with Crippen molar-refractivity contribution in [1.82, 2.24) is 10.2 Å². The Kier molecular flexibility index (Phi) is 4.41. The van der Waals surface area contributed by atoms with Gasteiger partial charge in [0, 0.05) is 36.6 Å². The molecule has 2 aliphatic heterocycles. The van der Waals surface area contributed by atoms with Crippen LogP contribution in [0.3, 0.4) is 0 Å². The van der Waals surface area contributed by atoms with Crippen LogP contribution >= 0.6 is 15.9 Å². The van der Waals surface area contributed by atoms with Gasteiger partial charge in [-0.3, -0.25) is 4.79 Å². The number of carbonyl (C=O) groups excluding carboxylic acids is 1. The van der Waals surface area contributed by atoms with Gasteiger partial charge in [-0.05, 0) is 30.9 Å². The van der Waals surface area contributed by atoms with Gasteiger partial charge in [0.15, 0.2) is 0 Å². The third-order valence-electron chi connectivity index (χ3n) is 4.50. The standard InChI is InChI=1S/C16H21BrN2O/c17-15-7-3-2-6-12(15)13-10-18-11-14(13)16(20)19-8-4-1-5-9-19/h2-3,6-7,13-14,18H,1,4-5,8-11H2/t13-,14+/m0/s1. The number of piperidine rings is 1. The summed E-state index contributed by atoms with van der Waals surface area (Å²) in [6, 6.07) is 8.28. The third kappa shape index (κ3) is 2.77. The highest BCUT2D eigenvalue weighted by molar-refractivity contribution is 9.10. The molecule has 0 aliphatic carbocycles. The van der Waals surface area contributed by atoms with Crippen molar-refractivity contribution in [2.45, 2.75) is 25.2 Å². The summed E-state index contributed by atoms with van der Waals surface area (Å²) in [5.41, 5.74) is 1.26. The molecule has 2 aliphatic rings. The van der Waals surface area contributed by atoms with Crippen LogP contribution in [-0.2, 0) is 4.79 Å². The molecule has 2 saturated heterocycles. The lowest BCUT2D eigenvalue weighted by atomic mass is 9.87. The summed E-state index contributed by atoms with van der Waals surface area (Å²) in [4.78, 5) is 14.8. The predicted molar refractivity (Wildman–Crippen MR) is 83.7 cm³/mol. The lowest BCUT2D eigenvalue weighted by Gasteiger charge is -2.31. The van der Waals surface area contributed by atoms with Gasteiger partial charge in [-0.2, -0.15) is 0 Å². The van der Waals surface area contributed by atoms with Gasteiger partial charge < -0.3 is 10.2 Å². The fourth-order valence-corrected chi connectivity index (χ4v) is 3.97. The minimum absolute atomic E-state index is 0.0896. The predicted octanol–water partition coefficient (Wildman–Crippen LogP) is 2.76. The van der Waals surface area contributed by atoms with Gasteiger partial charge in [-0.25, -0.2) is 0 Å². The second kappa shape index (κ2) is 6.27. The maximum atomic E-state index is 12.8. The number of hydrogen-bond donors (Lipinski definition) is 1. The minimum atomic E-state index is 0.0896. The average molecular weight is 337 g/mol. The number of rotatable bonds is 2. The first kappa shape index (κ1) is 14.1. The summed E-state index contributed by atoms with van der Waals surface area (Å²) in [6.07, 6.45) is 3.58. The second-order valence-corrected chi connectivity index (χ2v) is 6.63. The van der Waals surface area contributed by atoms with E-state index in [0.29, 0.717) is 11.8 Å². The quantitative estimate of drug-likeness (QED) is 0.900. The highest BCUT2D eigenvalue weighted by Crippen LogP contribution is 2.34. The maximum Gasteiger partial charge on any atom is 0.227 e. The Balaban J connectivity index is 1.78. The Morgan fingerprint density at radius 1 is 1.15 bits per heavy atom. The summed E-state index contributed by atoms with van der Waals surface area (Å²) < 4.78 is 1.12. The topological polar surface area (TPSA) is 32.3 Å². The first-order valence-electron chi connectivity index (χ1n) is 7.51. The van der Waals surface area contributed by atoms with Crippen LogP contribution < -0.4 is 5.32 Å². The van der Waals surface area contributed by atoms with E-state index < -0.39 is 0 Å². The molecule has 4 heteroatoms. The highest BCUT2D eigenvalue weighted by Gasteiger charge is 2.37. The van der Waals surface area contributed by atoms with Gasteiger partial charge in [-0.1, -0.05) is 34.1 Å². The normalized spacial score (nSPS) is 26.8. The molecule has 0 aromatic heterocycles. The molecule has 1 aromatic rings. The van der Waals surface area contributed by atoms with Crippen LogP contribution in [0.1, 0.15) is 30.7 Å². The number of likely N-dealkylation sites (tertiary alicyclic amines) is 1. The molecule has 2 atom stereocenters. The molecule has 2 fully saturated rings. The van der Waals surface area contributed by atoms with Gasteiger partial charge >= 0.3 is 0 Å². The van der Waals surface area contributed by atoms with Crippen molar-refractivity contribution >= 4 is 21.8 Å². The smallest absolute Gasteiger partial charge is 0.227 e. The van der Waals surface area contributed by atoms with Crippen molar-refractivity contribution in [3.63, 3.8) is 0 Å². The lowest BCUT2D eigenvalue weighted by Crippen LogP contribution is -2.41. The lowest BCUT2D eigenvalue weighted by molar-refractivity contribution is -0.136. The van der Waals surface area contributed by atoms with E-state index in [-0.39, 0.29) is 5.92 Å². The number of benzene rings is 1. The summed E-state index contributed by atoms with van der Waals surface area (Å²) in [5.74, 6) is 0.724. The number of halogens is 1. The van der Waals surface area contributed by atoms with Gasteiger partial charge in [0.1, 0.15) is 0 Å². The van der Waals surface area contributed by atoms with Crippen molar-refractivity contribution in [1.29, 1.82) is 0 Å². The minimum Gasteiger partial charge on any atom is -0.342 e. The van der Waals surface area contributed by atoms with Crippen LogP contribution in [-0.4, -0.2) is 37.0 Å². The van der Waals surface area contributed by atoms with E-state index in [1.807, 2.05) is 6.07 Å². The molecule has 1 N–H and O–H groups in total. The van der Waals surface area contributed by atoms with Crippen molar-refractivity contribution < 1.29 is 4.79 Å². The molecule has 108 valence electrons. The molecule has 0 unspecified atom stereocenters. The molecule has 0 saturated carbocycles. The SMILES string of the molecule is O=C([C@@H]1CNC[C@H]1c1ccccc1Br)N1CCCCC1. The molecular formula is C16H21BrN2O. The third-order valence-corrected chi connectivity index (χ3v) is 5.23. The van der Waals surface area contributed by atoms with Crippen molar-refractivity contribution in [2.75, 3.05) is 26.2 Å². The Labute approximate surface area is 128 Å². The second-order valence-electron chi connectivity index (χ2n) is 5.78. The van der Waals surface area contributed by atoms with E-state index in [1.54, 1.807) is 0 Å². The first-order valence-corrected chi connectivity index (χ1v) is 8.30. The van der Waals surface area contributed by atoms with Crippen LogP contribution in [0.4, 0.5) is 0 Å². The molecular weight excluding hydrogens is 316 g/mol. The van der Waals surface area contributed by atoms with E-state index in [1.165, 1.54) is 12.0 Å². The van der Waals surface area contributed by atoms with E-state index in [0.717, 1.165) is 43.5 Å². The zero-order valence-corrected chi connectivity index (χ0v) is 13.2. The fourth-order valence-electron chi connectivity index (χ4n) is 3.39. The van der Waals surface area contributed by atoms with Crippen molar-refractivity contribution in [3.05, 3.63) is 34.3 Å². The van der Waals surface area contributed by atoms with Crippen molar-refractivity contribution in [2.24, 2.45) is 5.92 Å². The Morgan fingerprint density at radius 3 is 2.65 bits per heavy atom. The molecule has 0 radical (unpaired) electrons. The van der Waals surface area contributed by atoms with Crippen molar-refractivity contribution in [3.8, 4) is 0 Å². The zero-order valence-electron chi connectivity index (χ0n) is 11.6. The number of nitrogens with zero attached hydrogens (tertiary/aromatic N) is 1. The summed E-state index contributed by atoms with van der Waals surface area (Å²) in [5, 5.41) is 3.40. The average Bonchev–Trinajstić information content (AvgIpc) is 2.97. The van der Waals surface area contributed by atoms with E-state index in [4.69, 9.17) is 0 Å². The van der Waals surface area contributed by atoms with Crippen LogP contribution in [0.2, 0.25) is 0 Å². The van der Waals surface area contributed by atoms with Crippen LogP contribution in [0.25, 0.3) is 0 Å². The van der Waals surface area contributed by atoms with Gasteiger partial charge in [-0.15, -0.1) is 0 Å². The largest absolute Gasteiger partial charge is 0.342 e.